The molecule has 8 heteroatoms. The van der Waals surface area contributed by atoms with Crippen LogP contribution in [0.1, 0.15) is 28.4 Å². The number of fused-ring (bicyclic) bond motifs is 1. The van der Waals surface area contributed by atoms with Crippen LogP contribution in [0.2, 0.25) is 5.02 Å². The molecule has 30 heavy (non-hydrogen) atoms. The lowest BCUT2D eigenvalue weighted by Crippen LogP contribution is -2.33. The van der Waals surface area contributed by atoms with E-state index in [1.54, 1.807) is 13.0 Å². The molecule has 3 rings (SSSR count). The number of nitrogens with one attached hydrogen (secondary N) is 1. The van der Waals surface area contributed by atoms with Crippen molar-refractivity contribution in [1.82, 2.24) is 5.32 Å². The van der Waals surface area contributed by atoms with Crippen molar-refractivity contribution in [3.05, 3.63) is 74.4 Å². The van der Waals surface area contributed by atoms with Gasteiger partial charge in [0.1, 0.15) is 12.1 Å². The number of esters is 1. The average molecular weight is 442 g/mol. The molecule has 0 fully saturated rings. The molecule has 0 bridgehead atoms. The molecule has 1 heterocycles. The molecule has 0 saturated carbocycles. The molecule has 0 aliphatic rings. The van der Waals surface area contributed by atoms with E-state index in [9.17, 15) is 19.5 Å². The molecule has 0 unspecified atom stereocenters. The number of hydrogen-bond donors (Lipinski definition) is 2. The first kappa shape index (κ1) is 21.4. The van der Waals surface area contributed by atoms with E-state index < -0.39 is 34.5 Å². The van der Waals surface area contributed by atoms with Crippen LogP contribution in [-0.4, -0.2) is 30.1 Å². The van der Waals surface area contributed by atoms with Crippen LogP contribution in [0.5, 0.6) is 5.06 Å². The van der Waals surface area contributed by atoms with E-state index in [4.69, 9.17) is 16.3 Å². The number of rotatable bonds is 4. The maximum absolute atomic E-state index is 12.9. The summed E-state index contributed by atoms with van der Waals surface area (Å²) in [7, 11) is 0. The molecule has 1 amide bonds. The number of halogens is 1. The second kappa shape index (κ2) is 9.44. The Hall–Kier alpha value is -3.34. The molecule has 1 aromatic heterocycles. The highest BCUT2D eigenvalue weighted by Crippen LogP contribution is 2.32. The number of carbonyl (C=O) groups is 2. The predicted molar refractivity (Wildman–Crippen MR) is 116 cm³/mol. The maximum atomic E-state index is 12.9. The summed E-state index contributed by atoms with van der Waals surface area (Å²) in [5.41, 5.74) is 0.0725. The van der Waals surface area contributed by atoms with Gasteiger partial charge in [0, 0.05) is 21.5 Å². The monoisotopic (exact) mass is 441 g/mol. The first-order chi connectivity index (χ1) is 14.4. The third-order valence-corrected chi connectivity index (χ3v) is 5.24. The molecule has 2 N–H and O–H groups in total. The Morgan fingerprint density at radius 2 is 1.93 bits per heavy atom. The van der Waals surface area contributed by atoms with E-state index in [-0.39, 0.29) is 17.0 Å². The van der Waals surface area contributed by atoms with Gasteiger partial charge in [-0.2, -0.15) is 0 Å². The smallest absolute Gasteiger partial charge is 0.325 e. The molecule has 0 saturated heterocycles. The van der Waals surface area contributed by atoms with Gasteiger partial charge in [0.05, 0.1) is 11.3 Å². The molecular weight excluding hydrogens is 426 g/mol. The fourth-order valence-corrected chi connectivity index (χ4v) is 3.84. The first-order valence-electron chi connectivity index (χ1n) is 8.91. The summed E-state index contributed by atoms with van der Waals surface area (Å²) in [6.45, 7) is 1.38. The van der Waals surface area contributed by atoms with Crippen molar-refractivity contribution in [2.45, 2.75) is 6.92 Å². The summed E-state index contributed by atoms with van der Waals surface area (Å²) in [4.78, 5) is 36.7. The number of hydrogen-bond acceptors (Lipinski definition) is 6. The topological polar surface area (TPSA) is 92.7 Å². The average Bonchev–Trinajstić information content (AvgIpc) is 2.72. The quantitative estimate of drug-likeness (QED) is 0.478. The number of amides is 1. The maximum Gasteiger partial charge on any atom is 0.325 e. The summed E-state index contributed by atoms with van der Waals surface area (Å²) in [6.07, 6.45) is 0. The SMILES string of the molecule is CCOC(=O)CNC(=O)c1c(O)sc2c(C#Cc3ccccc3)cc(Cl)cc2c1=O. The minimum atomic E-state index is -0.874. The highest BCUT2D eigenvalue weighted by molar-refractivity contribution is 7.20. The summed E-state index contributed by atoms with van der Waals surface area (Å²) in [5, 5.41) is 12.6. The Labute approximate surface area is 181 Å². The predicted octanol–water partition coefficient (Wildman–Crippen LogP) is 3.31. The lowest BCUT2D eigenvalue weighted by Gasteiger charge is -2.08. The number of aromatic hydroxyl groups is 1. The fourth-order valence-electron chi connectivity index (χ4n) is 2.66. The van der Waals surface area contributed by atoms with Crippen LogP contribution in [0.4, 0.5) is 0 Å². The lowest BCUT2D eigenvalue weighted by atomic mass is 10.1. The van der Waals surface area contributed by atoms with E-state index in [0.717, 1.165) is 16.9 Å². The van der Waals surface area contributed by atoms with Gasteiger partial charge >= 0.3 is 5.97 Å². The summed E-state index contributed by atoms with van der Waals surface area (Å²) in [6, 6.07) is 12.3. The Morgan fingerprint density at radius 3 is 2.63 bits per heavy atom. The van der Waals surface area contributed by atoms with Gasteiger partial charge in [-0.3, -0.25) is 14.4 Å². The van der Waals surface area contributed by atoms with E-state index >= 15 is 0 Å². The van der Waals surface area contributed by atoms with Gasteiger partial charge in [-0.25, -0.2) is 0 Å². The van der Waals surface area contributed by atoms with E-state index in [2.05, 4.69) is 17.2 Å². The zero-order valence-corrected chi connectivity index (χ0v) is 17.4. The number of benzene rings is 2. The first-order valence-corrected chi connectivity index (χ1v) is 10.1. The molecule has 0 radical (unpaired) electrons. The number of carbonyl (C=O) groups excluding carboxylic acids is 2. The van der Waals surface area contributed by atoms with Crippen LogP contribution in [0.15, 0.2) is 47.3 Å². The Kier molecular flexibility index (Phi) is 6.72. The van der Waals surface area contributed by atoms with Crippen molar-refractivity contribution in [2.24, 2.45) is 0 Å². The third-order valence-electron chi connectivity index (χ3n) is 3.98. The van der Waals surface area contributed by atoms with Crippen LogP contribution >= 0.6 is 22.9 Å². The van der Waals surface area contributed by atoms with Gasteiger partial charge in [0.15, 0.2) is 5.06 Å². The lowest BCUT2D eigenvalue weighted by molar-refractivity contribution is -0.141. The minimum absolute atomic E-state index is 0.156. The third kappa shape index (κ3) is 4.79. The summed E-state index contributed by atoms with van der Waals surface area (Å²) in [5.74, 6) is 4.43. The van der Waals surface area contributed by atoms with Gasteiger partial charge < -0.3 is 15.2 Å². The van der Waals surface area contributed by atoms with Gasteiger partial charge in [0.2, 0.25) is 5.43 Å². The molecular formula is C22H16ClNO5S. The van der Waals surface area contributed by atoms with Crippen molar-refractivity contribution in [3.63, 3.8) is 0 Å². The van der Waals surface area contributed by atoms with Gasteiger partial charge in [0.25, 0.3) is 5.91 Å². The number of ether oxygens (including phenoxy) is 1. The molecule has 0 spiro atoms. The van der Waals surface area contributed by atoms with Crippen LogP contribution in [-0.2, 0) is 9.53 Å². The van der Waals surface area contributed by atoms with Crippen molar-refractivity contribution in [2.75, 3.05) is 13.2 Å². The largest absolute Gasteiger partial charge is 0.499 e. The van der Waals surface area contributed by atoms with E-state index in [0.29, 0.717) is 10.3 Å². The normalized spacial score (nSPS) is 10.2. The molecule has 3 aromatic rings. The Bertz CT molecular complexity index is 1240. The van der Waals surface area contributed by atoms with Crippen molar-refractivity contribution < 1.29 is 19.4 Å². The summed E-state index contributed by atoms with van der Waals surface area (Å²) >= 11 is 7.00. The van der Waals surface area contributed by atoms with Gasteiger partial charge in [-0.1, -0.05) is 53.0 Å². The standard InChI is InChI=1S/C22H16ClNO5S/c1-2-29-17(25)12-24-21(27)18-19(26)16-11-15(23)10-14(20(16)30-22(18)28)9-8-13-6-4-3-5-7-13/h3-7,10-11,28H,2,12H2,1H3,(H,24,27). The van der Waals surface area contributed by atoms with E-state index in [1.165, 1.54) is 6.07 Å². The molecule has 2 aromatic carbocycles. The van der Waals surface area contributed by atoms with E-state index in [1.807, 2.05) is 30.3 Å². The van der Waals surface area contributed by atoms with Crippen LogP contribution in [0.3, 0.4) is 0 Å². The summed E-state index contributed by atoms with van der Waals surface area (Å²) < 4.78 is 5.14. The van der Waals surface area contributed by atoms with Crippen LogP contribution in [0.25, 0.3) is 10.1 Å². The van der Waals surface area contributed by atoms with Crippen molar-refractivity contribution >= 4 is 44.9 Å². The molecule has 152 valence electrons. The zero-order chi connectivity index (χ0) is 21.7. The fraction of sp³-hybridized carbons (Fsp3) is 0.136. The molecule has 0 aliphatic heterocycles. The molecule has 0 atom stereocenters. The molecule has 6 nitrogen and oxygen atoms in total. The van der Waals surface area contributed by atoms with Gasteiger partial charge in [-0.05, 0) is 31.2 Å². The Balaban J connectivity index is 2.04. The second-order valence-electron chi connectivity index (χ2n) is 6.05. The highest BCUT2D eigenvalue weighted by Gasteiger charge is 2.21. The minimum Gasteiger partial charge on any atom is -0.499 e. The Morgan fingerprint density at radius 1 is 1.20 bits per heavy atom. The zero-order valence-electron chi connectivity index (χ0n) is 15.8. The van der Waals surface area contributed by atoms with Crippen molar-refractivity contribution in [1.29, 1.82) is 0 Å². The molecule has 0 aliphatic carbocycles. The van der Waals surface area contributed by atoms with Crippen molar-refractivity contribution in [3.8, 4) is 16.9 Å². The second-order valence-corrected chi connectivity index (χ2v) is 7.48. The van der Waals surface area contributed by atoms with Gasteiger partial charge in [-0.15, -0.1) is 0 Å². The van der Waals surface area contributed by atoms with Crippen LogP contribution < -0.4 is 10.7 Å². The highest BCUT2D eigenvalue weighted by atomic mass is 35.5. The van der Waals surface area contributed by atoms with Crippen LogP contribution in [0, 0.1) is 11.8 Å².